The molecule has 0 N–H and O–H groups in total. The third-order valence-electron chi connectivity index (χ3n) is 4.84. The van der Waals surface area contributed by atoms with E-state index in [4.69, 9.17) is 4.74 Å². The second-order valence-corrected chi connectivity index (χ2v) is 7.30. The molecule has 0 aliphatic carbocycles. The highest BCUT2D eigenvalue weighted by atomic mass is 19.4. The number of benzene rings is 1. The number of aromatic nitrogens is 2. The number of amides is 1. The number of rotatable bonds is 3. The second kappa shape index (κ2) is 7.62. The predicted octanol–water partition coefficient (Wildman–Crippen LogP) is 3.33. The van der Waals surface area contributed by atoms with Crippen LogP contribution in [0.5, 0.6) is 0 Å². The number of ketones is 1. The van der Waals surface area contributed by atoms with Crippen LogP contribution in [0.1, 0.15) is 41.2 Å². The molecule has 1 amide bonds. The Morgan fingerprint density at radius 2 is 1.76 bits per heavy atom. The summed E-state index contributed by atoms with van der Waals surface area (Å²) < 4.78 is 45.9. The number of nitrogens with zero attached hydrogens (tertiary/aromatic N) is 3. The summed E-state index contributed by atoms with van der Waals surface area (Å²) in [5.74, 6) is -1.39. The number of hydrogen-bond acceptors (Lipinski definition) is 4. The van der Waals surface area contributed by atoms with Crippen molar-refractivity contribution in [2.24, 2.45) is 0 Å². The summed E-state index contributed by atoms with van der Waals surface area (Å²) in [5, 5.41) is 4.22. The van der Waals surface area contributed by atoms with Crippen molar-refractivity contribution in [2.75, 3.05) is 13.1 Å². The SMILES string of the molecule is Cc1nn(-c2cccc(C(F)(F)F)c2)c(C)c1C(=O)C(=O)N1CC(C)OC(C)C1. The first-order chi connectivity index (χ1) is 13.5. The number of carbonyl (C=O) groups excluding carboxylic acids is 2. The lowest BCUT2D eigenvalue weighted by atomic mass is 10.1. The zero-order valence-electron chi connectivity index (χ0n) is 16.6. The largest absolute Gasteiger partial charge is 0.416 e. The van der Waals surface area contributed by atoms with Crippen molar-refractivity contribution in [1.82, 2.24) is 14.7 Å². The Bertz CT molecular complexity index is 942. The van der Waals surface area contributed by atoms with Crippen LogP contribution in [0.3, 0.4) is 0 Å². The number of aryl methyl sites for hydroxylation is 1. The van der Waals surface area contributed by atoms with Gasteiger partial charge >= 0.3 is 6.18 Å². The van der Waals surface area contributed by atoms with Gasteiger partial charge in [-0.15, -0.1) is 0 Å². The van der Waals surface area contributed by atoms with Crippen molar-refractivity contribution in [1.29, 1.82) is 0 Å². The number of carbonyl (C=O) groups is 2. The van der Waals surface area contributed by atoms with E-state index in [1.54, 1.807) is 13.8 Å². The molecule has 2 atom stereocenters. The highest BCUT2D eigenvalue weighted by Crippen LogP contribution is 2.31. The summed E-state index contributed by atoms with van der Waals surface area (Å²) in [6, 6.07) is 4.67. The maximum absolute atomic E-state index is 13.0. The molecule has 9 heteroatoms. The lowest BCUT2D eigenvalue weighted by molar-refractivity contribution is -0.138. The molecular formula is C20H22F3N3O3. The molecule has 29 heavy (non-hydrogen) atoms. The monoisotopic (exact) mass is 409 g/mol. The third kappa shape index (κ3) is 4.19. The Kier molecular flexibility index (Phi) is 5.53. The van der Waals surface area contributed by atoms with Crippen molar-refractivity contribution in [3.63, 3.8) is 0 Å². The second-order valence-electron chi connectivity index (χ2n) is 7.30. The summed E-state index contributed by atoms with van der Waals surface area (Å²) in [4.78, 5) is 27.1. The normalized spacial score (nSPS) is 20.0. The van der Waals surface area contributed by atoms with Gasteiger partial charge in [0.1, 0.15) is 0 Å². The number of hydrogen-bond donors (Lipinski definition) is 0. The summed E-state index contributed by atoms with van der Waals surface area (Å²) in [6.45, 7) is 7.36. The Morgan fingerprint density at radius 3 is 2.34 bits per heavy atom. The van der Waals surface area contributed by atoms with E-state index in [0.717, 1.165) is 12.1 Å². The van der Waals surface area contributed by atoms with Crippen LogP contribution in [-0.4, -0.2) is 51.7 Å². The number of Topliss-reactive ketones (excluding diaryl/α,β-unsaturated/α-hetero) is 1. The quantitative estimate of drug-likeness (QED) is 0.576. The number of halogens is 3. The van der Waals surface area contributed by atoms with E-state index >= 15 is 0 Å². The molecule has 1 aliphatic heterocycles. The average Bonchev–Trinajstić information content (AvgIpc) is 2.93. The minimum atomic E-state index is -4.50. The zero-order valence-corrected chi connectivity index (χ0v) is 16.6. The first kappa shape index (κ1) is 21.0. The first-order valence-electron chi connectivity index (χ1n) is 9.22. The van der Waals surface area contributed by atoms with Crippen LogP contribution < -0.4 is 0 Å². The molecule has 3 rings (SSSR count). The molecule has 2 heterocycles. The number of alkyl halides is 3. The Hall–Kier alpha value is -2.68. The molecule has 0 bridgehead atoms. The molecule has 1 aliphatic rings. The molecule has 1 fully saturated rings. The van der Waals surface area contributed by atoms with Crippen molar-refractivity contribution >= 4 is 11.7 Å². The molecule has 2 aromatic rings. The van der Waals surface area contributed by atoms with Gasteiger partial charge in [-0.1, -0.05) is 6.07 Å². The first-order valence-corrected chi connectivity index (χ1v) is 9.22. The minimum absolute atomic E-state index is 0.110. The molecule has 1 aromatic carbocycles. The Labute approximate surface area is 166 Å². The highest BCUT2D eigenvalue weighted by molar-refractivity contribution is 6.43. The van der Waals surface area contributed by atoms with Crippen LogP contribution in [-0.2, 0) is 15.7 Å². The standard InChI is InChI=1S/C20H22F3N3O3/c1-11-9-25(10-12(2)29-11)19(28)18(27)17-13(3)24-26(14(17)4)16-7-5-6-15(8-16)20(21,22)23/h5-8,11-12H,9-10H2,1-4H3. The van der Waals surface area contributed by atoms with Crippen molar-refractivity contribution in [2.45, 2.75) is 46.1 Å². The van der Waals surface area contributed by atoms with Gasteiger partial charge < -0.3 is 9.64 Å². The van der Waals surface area contributed by atoms with Crippen LogP contribution >= 0.6 is 0 Å². The molecule has 156 valence electrons. The molecular weight excluding hydrogens is 387 g/mol. The topological polar surface area (TPSA) is 64.4 Å². The molecule has 6 nitrogen and oxygen atoms in total. The van der Waals surface area contributed by atoms with Gasteiger partial charge in [0.2, 0.25) is 0 Å². The smallest absolute Gasteiger partial charge is 0.372 e. The summed E-state index contributed by atoms with van der Waals surface area (Å²) in [5.41, 5.74) is 0.0599. The van der Waals surface area contributed by atoms with Gasteiger partial charge in [0.05, 0.1) is 40.4 Å². The van der Waals surface area contributed by atoms with Gasteiger partial charge in [-0.2, -0.15) is 18.3 Å². The molecule has 1 aromatic heterocycles. The van der Waals surface area contributed by atoms with E-state index in [0.29, 0.717) is 18.8 Å². The number of ether oxygens (including phenoxy) is 1. The van der Waals surface area contributed by atoms with E-state index in [-0.39, 0.29) is 29.2 Å². The van der Waals surface area contributed by atoms with Crippen LogP contribution in [0.25, 0.3) is 5.69 Å². The fourth-order valence-corrected chi connectivity index (χ4v) is 3.63. The van der Waals surface area contributed by atoms with E-state index in [9.17, 15) is 22.8 Å². The summed E-state index contributed by atoms with van der Waals surface area (Å²) in [6.07, 6.45) is -4.87. The van der Waals surface area contributed by atoms with Gasteiger partial charge in [-0.25, -0.2) is 4.68 Å². The van der Waals surface area contributed by atoms with Gasteiger partial charge in [0, 0.05) is 13.1 Å². The highest BCUT2D eigenvalue weighted by Gasteiger charge is 2.34. The predicted molar refractivity (Wildman–Crippen MR) is 99.0 cm³/mol. The maximum atomic E-state index is 13.0. The van der Waals surface area contributed by atoms with E-state index in [2.05, 4.69) is 5.10 Å². The summed E-state index contributed by atoms with van der Waals surface area (Å²) >= 11 is 0. The fraction of sp³-hybridized carbons (Fsp3) is 0.450. The van der Waals surface area contributed by atoms with Crippen LogP contribution in [0.15, 0.2) is 24.3 Å². The van der Waals surface area contributed by atoms with Gasteiger partial charge in [-0.3, -0.25) is 9.59 Å². The van der Waals surface area contributed by atoms with Crippen LogP contribution in [0.4, 0.5) is 13.2 Å². The molecule has 0 spiro atoms. The van der Waals surface area contributed by atoms with Gasteiger partial charge in [-0.05, 0) is 45.9 Å². The molecule has 1 saturated heterocycles. The third-order valence-corrected chi connectivity index (χ3v) is 4.84. The molecule has 0 radical (unpaired) electrons. The van der Waals surface area contributed by atoms with Gasteiger partial charge in [0.15, 0.2) is 0 Å². The Balaban J connectivity index is 1.94. The molecule has 0 saturated carbocycles. The lowest BCUT2D eigenvalue weighted by Gasteiger charge is -2.34. The van der Waals surface area contributed by atoms with E-state index in [1.807, 2.05) is 13.8 Å². The van der Waals surface area contributed by atoms with Crippen molar-refractivity contribution < 1.29 is 27.5 Å². The molecule has 2 unspecified atom stereocenters. The average molecular weight is 409 g/mol. The summed E-state index contributed by atoms with van der Waals surface area (Å²) in [7, 11) is 0. The van der Waals surface area contributed by atoms with Crippen molar-refractivity contribution in [3.05, 3.63) is 46.8 Å². The number of morpholine rings is 1. The fourth-order valence-electron chi connectivity index (χ4n) is 3.63. The van der Waals surface area contributed by atoms with Crippen LogP contribution in [0.2, 0.25) is 0 Å². The van der Waals surface area contributed by atoms with E-state index in [1.165, 1.54) is 21.7 Å². The minimum Gasteiger partial charge on any atom is -0.372 e. The van der Waals surface area contributed by atoms with Crippen LogP contribution in [0, 0.1) is 13.8 Å². The van der Waals surface area contributed by atoms with Gasteiger partial charge in [0.25, 0.3) is 11.7 Å². The maximum Gasteiger partial charge on any atom is 0.416 e. The zero-order chi connectivity index (χ0) is 21.5. The van der Waals surface area contributed by atoms with Crippen molar-refractivity contribution in [3.8, 4) is 5.69 Å². The Morgan fingerprint density at radius 1 is 1.14 bits per heavy atom. The van der Waals surface area contributed by atoms with E-state index < -0.39 is 23.4 Å². The lowest BCUT2D eigenvalue weighted by Crippen LogP contribution is -2.50.